The van der Waals surface area contributed by atoms with E-state index < -0.39 is 27.9 Å². The largest absolute Gasteiger partial charge is 0.469 e. The minimum absolute atomic E-state index is 0.00993. The summed E-state index contributed by atoms with van der Waals surface area (Å²) in [6, 6.07) is 0. The van der Waals surface area contributed by atoms with Crippen LogP contribution >= 0.6 is 0 Å². The standard InChI is InChI=1S/C8H13FO4S/c1-13-8(10)4-6-5-14(11,12)3-2-7(6)9/h6-7H,2-5H2,1H3/t6-,7-/m1/s1. The van der Waals surface area contributed by atoms with E-state index in [1.165, 1.54) is 7.11 Å². The number of hydrogen-bond donors (Lipinski definition) is 0. The summed E-state index contributed by atoms with van der Waals surface area (Å²) in [5, 5.41) is 0. The van der Waals surface area contributed by atoms with Gasteiger partial charge in [-0.2, -0.15) is 0 Å². The van der Waals surface area contributed by atoms with Crippen LogP contribution in [0.15, 0.2) is 0 Å². The Morgan fingerprint density at radius 1 is 1.57 bits per heavy atom. The van der Waals surface area contributed by atoms with Crippen molar-refractivity contribution in [2.45, 2.75) is 19.0 Å². The summed E-state index contributed by atoms with van der Waals surface area (Å²) in [5.74, 6) is -1.66. The summed E-state index contributed by atoms with van der Waals surface area (Å²) in [4.78, 5) is 10.9. The van der Waals surface area contributed by atoms with Gasteiger partial charge in [0.2, 0.25) is 0 Å². The first kappa shape index (κ1) is 11.4. The lowest BCUT2D eigenvalue weighted by Gasteiger charge is -2.24. The van der Waals surface area contributed by atoms with Crippen LogP contribution in [0.5, 0.6) is 0 Å². The average molecular weight is 224 g/mol. The molecule has 0 aromatic carbocycles. The molecule has 0 bridgehead atoms. The molecule has 2 atom stereocenters. The summed E-state index contributed by atoms with van der Waals surface area (Å²) >= 11 is 0. The number of rotatable bonds is 2. The zero-order chi connectivity index (χ0) is 10.8. The Kier molecular flexibility index (Phi) is 3.47. The van der Waals surface area contributed by atoms with Crippen molar-refractivity contribution in [1.29, 1.82) is 0 Å². The number of carbonyl (C=O) groups is 1. The lowest BCUT2D eigenvalue weighted by atomic mass is 10.00. The van der Waals surface area contributed by atoms with E-state index in [9.17, 15) is 17.6 Å². The molecule has 1 rings (SSSR count). The normalized spacial score (nSPS) is 31.0. The van der Waals surface area contributed by atoms with Gasteiger partial charge in [-0.05, 0) is 6.42 Å². The predicted molar refractivity (Wildman–Crippen MR) is 48.3 cm³/mol. The number of halogens is 1. The minimum atomic E-state index is -3.17. The maximum Gasteiger partial charge on any atom is 0.305 e. The maximum atomic E-state index is 13.2. The molecule has 1 heterocycles. The topological polar surface area (TPSA) is 60.4 Å². The van der Waals surface area contributed by atoms with E-state index in [0.29, 0.717) is 0 Å². The van der Waals surface area contributed by atoms with Crippen LogP contribution < -0.4 is 0 Å². The molecule has 14 heavy (non-hydrogen) atoms. The molecular weight excluding hydrogens is 211 g/mol. The molecule has 0 spiro atoms. The van der Waals surface area contributed by atoms with Crippen LogP contribution in [0, 0.1) is 5.92 Å². The quantitative estimate of drug-likeness (QED) is 0.634. The lowest BCUT2D eigenvalue weighted by molar-refractivity contribution is -0.142. The SMILES string of the molecule is COC(=O)C[C@@H]1CS(=O)(=O)CC[C@H]1F. The van der Waals surface area contributed by atoms with Gasteiger partial charge in [0, 0.05) is 5.92 Å². The van der Waals surface area contributed by atoms with Gasteiger partial charge in [-0.3, -0.25) is 4.79 Å². The molecule has 1 aliphatic heterocycles. The van der Waals surface area contributed by atoms with Crippen molar-refractivity contribution in [1.82, 2.24) is 0 Å². The monoisotopic (exact) mass is 224 g/mol. The molecule has 0 aromatic heterocycles. The van der Waals surface area contributed by atoms with Gasteiger partial charge in [-0.15, -0.1) is 0 Å². The van der Waals surface area contributed by atoms with Gasteiger partial charge in [0.05, 0.1) is 25.0 Å². The number of carbonyl (C=O) groups excluding carboxylic acids is 1. The Morgan fingerprint density at radius 3 is 2.79 bits per heavy atom. The molecule has 0 unspecified atom stereocenters. The Morgan fingerprint density at radius 2 is 2.21 bits per heavy atom. The van der Waals surface area contributed by atoms with E-state index in [1.54, 1.807) is 0 Å². The second-order valence-electron chi connectivity index (χ2n) is 3.46. The summed E-state index contributed by atoms with van der Waals surface area (Å²) in [5.41, 5.74) is 0. The van der Waals surface area contributed by atoms with Crippen molar-refractivity contribution in [2.24, 2.45) is 5.92 Å². The van der Waals surface area contributed by atoms with Gasteiger partial charge in [-0.25, -0.2) is 12.8 Å². The maximum absolute atomic E-state index is 13.2. The highest BCUT2D eigenvalue weighted by Crippen LogP contribution is 2.24. The zero-order valence-corrected chi connectivity index (χ0v) is 8.72. The lowest BCUT2D eigenvalue weighted by Crippen LogP contribution is -2.35. The second-order valence-corrected chi connectivity index (χ2v) is 5.69. The minimum Gasteiger partial charge on any atom is -0.469 e. The van der Waals surface area contributed by atoms with Gasteiger partial charge >= 0.3 is 5.97 Å². The smallest absolute Gasteiger partial charge is 0.305 e. The van der Waals surface area contributed by atoms with Crippen molar-refractivity contribution >= 4 is 15.8 Å². The predicted octanol–water partition coefficient (Wildman–Crippen LogP) is 0.322. The number of esters is 1. The van der Waals surface area contributed by atoms with Crippen LogP contribution in [-0.2, 0) is 19.4 Å². The number of sulfone groups is 1. The van der Waals surface area contributed by atoms with Gasteiger partial charge in [0.25, 0.3) is 0 Å². The number of alkyl halides is 1. The first-order valence-corrected chi connectivity index (χ1v) is 6.18. The van der Waals surface area contributed by atoms with E-state index in [1.807, 2.05) is 0 Å². The van der Waals surface area contributed by atoms with Crippen LogP contribution in [0.25, 0.3) is 0 Å². The summed E-state index contributed by atoms with van der Waals surface area (Å²) in [6.45, 7) is 0. The molecule has 1 saturated heterocycles. The van der Waals surface area contributed by atoms with E-state index >= 15 is 0 Å². The van der Waals surface area contributed by atoms with E-state index in [-0.39, 0.29) is 24.3 Å². The molecule has 0 N–H and O–H groups in total. The molecule has 0 saturated carbocycles. The second kappa shape index (κ2) is 4.25. The molecule has 1 fully saturated rings. The summed E-state index contributed by atoms with van der Waals surface area (Å²) in [6.07, 6.45) is -1.38. The van der Waals surface area contributed by atoms with Crippen molar-refractivity contribution in [3.05, 3.63) is 0 Å². The van der Waals surface area contributed by atoms with Crippen LogP contribution in [0.3, 0.4) is 0 Å². The molecule has 0 aromatic rings. The molecule has 6 heteroatoms. The Balaban J connectivity index is 2.62. The molecule has 0 aliphatic carbocycles. The fourth-order valence-corrected chi connectivity index (χ4v) is 3.26. The molecule has 1 aliphatic rings. The fourth-order valence-electron chi connectivity index (χ4n) is 1.53. The van der Waals surface area contributed by atoms with Crippen LogP contribution in [0.2, 0.25) is 0 Å². The Hall–Kier alpha value is -0.650. The van der Waals surface area contributed by atoms with Gasteiger partial charge in [0.1, 0.15) is 6.17 Å². The highest BCUT2D eigenvalue weighted by molar-refractivity contribution is 7.91. The van der Waals surface area contributed by atoms with Crippen molar-refractivity contribution in [3.63, 3.8) is 0 Å². The average Bonchev–Trinajstić information content (AvgIpc) is 2.11. The highest BCUT2D eigenvalue weighted by atomic mass is 32.2. The van der Waals surface area contributed by atoms with Gasteiger partial charge < -0.3 is 4.74 Å². The van der Waals surface area contributed by atoms with Crippen molar-refractivity contribution < 1.29 is 22.3 Å². The Labute approximate surface area is 82.4 Å². The third-order valence-corrected chi connectivity index (χ3v) is 4.13. The van der Waals surface area contributed by atoms with Crippen molar-refractivity contribution in [2.75, 3.05) is 18.6 Å². The molecule has 4 nitrogen and oxygen atoms in total. The first-order valence-electron chi connectivity index (χ1n) is 4.36. The van der Waals surface area contributed by atoms with Crippen LogP contribution in [0.4, 0.5) is 4.39 Å². The third kappa shape index (κ3) is 2.94. The van der Waals surface area contributed by atoms with Crippen molar-refractivity contribution in [3.8, 4) is 0 Å². The van der Waals surface area contributed by atoms with Crippen LogP contribution in [-0.4, -0.2) is 39.2 Å². The number of hydrogen-bond acceptors (Lipinski definition) is 4. The van der Waals surface area contributed by atoms with E-state index in [0.717, 1.165) is 0 Å². The molecule has 0 amide bonds. The molecule has 82 valence electrons. The Bertz CT molecular complexity index is 311. The highest BCUT2D eigenvalue weighted by Gasteiger charge is 2.34. The first-order chi connectivity index (χ1) is 6.44. The third-order valence-electron chi connectivity index (χ3n) is 2.34. The molecular formula is C8H13FO4S. The van der Waals surface area contributed by atoms with Crippen LogP contribution in [0.1, 0.15) is 12.8 Å². The fraction of sp³-hybridized carbons (Fsp3) is 0.875. The van der Waals surface area contributed by atoms with Gasteiger partial charge in [0.15, 0.2) is 9.84 Å². The number of methoxy groups -OCH3 is 1. The van der Waals surface area contributed by atoms with E-state index in [4.69, 9.17) is 0 Å². The molecule has 0 radical (unpaired) electrons. The van der Waals surface area contributed by atoms with Gasteiger partial charge in [-0.1, -0.05) is 0 Å². The summed E-state index contributed by atoms with van der Waals surface area (Å²) < 4.78 is 39.9. The zero-order valence-electron chi connectivity index (χ0n) is 7.90. The summed E-state index contributed by atoms with van der Waals surface area (Å²) in [7, 11) is -1.97. The van der Waals surface area contributed by atoms with E-state index in [2.05, 4.69) is 4.74 Å². The number of ether oxygens (including phenoxy) is 1.